The van der Waals surface area contributed by atoms with Crippen LogP contribution in [0, 0.1) is 11.3 Å². The highest BCUT2D eigenvalue weighted by Gasteiger charge is 2.14. The number of aromatic nitrogens is 3. The molecule has 0 fully saturated rings. The van der Waals surface area contributed by atoms with E-state index in [0.29, 0.717) is 5.82 Å². The first-order chi connectivity index (χ1) is 9.40. The molecule has 19 heavy (non-hydrogen) atoms. The molecule has 0 spiro atoms. The highest BCUT2D eigenvalue weighted by Crippen LogP contribution is 2.22. The van der Waals surface area contributed by atoms with E-state index in [1.54, 1.807) is 4.57 Å². The number of benzene rings is 2. The molecule has 4 heteroatoms. The van der Waals surface area contributed by atoms with Crippen LogP contribution >= 0.6 is 0 Å². The summed E-state index contributed by atoms with van der Waals surface area (Å²) in [5.74, 6) is 0.952. The molecule has 0 aliphatic carbocycles. The summed E-state index contributed by atoms with van der Waals surface area (Å²) in [6, 6.07) is 21.4. The summed E-state index contributed by atoms with van der Waals surface area (Å²) in [6.45, 7) is 0. The number of para-hydroxylation sites is 1. The van der Waals surface area contributed by atoms with Crippen LogP contribution in [-0.4, -0.2) is 14.8 Å². The van der Waals surface area contributed by atoms with Gasteiger partial charge in [-0.2, -0.15) is 5.26 Å². The standard InChI is InChI=1S/C15H10N4/c16-11-14-17-18-15(12-7-3-1-4-8-12)19(14)13-9-5-2-6-10-13/h1-10H. The fourth-order valence-electron chi connectivity index (χ4n) is 1.95. The molecule has 0 unspecified atom stereocenters. The Kier molecular flexibility index (Phi) is 2.79. The lowest BCUT2D eigenvalue weighted by Crippen LogP contribution is -2.00. The Balaban J connectivity index is 2.24. The van der Waals surface area contributed by atoms with E-state index in [4.69, 9.17) is 5.26 Å². The average molecular weight is 246 g/mol. The predicted molar refractivity (Wildman–Crippen MR) is 71.5 cm³/mol. The summed E-state index contributed by atoms with van der Waals surface area (Å²) in [7, 11) is 0. The first kappa shape index (κ1) is 11.2. The van der Waals surface area contributed by atoms with Gasteiger partial charge in [0.15, 0.2) is 5.82 Å². The zero-order valence-corrected chi connectivity index (χ0v) is 10.1. The molecule has 0 aliphatic heterocycles. The van der Waals surface area contributed by atoms with Gasteiger partial charge in [-0.05, 0) is 12.1 Å². The topological polar surface area (TPSA) is 54.5 Å². The van der Waals surface area contributed by atoms with Gasteiger partial charge < -0.3 is 0 Å². The first-order valence-electron chi connectivity index (χ1n) is 5.86. The minimum absolute atomic E-state index is 0.282. The zero-order valence-electron chi connectivity index (χ0n) is 10.1. The summed E-state index contributed by atoms with van der Waals surface area (Å²) in [5.41, 5.74) is 1.81. The third-order valence-electron chi connectivity index (χ3n) is 2.81. The molecule has 1 heterocycles. The Labute approximate surface area is 110 Å². The van der Waals surface area contributed by atoms with E-state index >= 15 is 0 Å². The van der Waals surface area contributed by atoms with Crippen molar-refractivity contribution in [2.75, 3.05) is 0 Å². The van der Waals surface area contributed by atoms with E-state index in [2.05, 4.69) is 16.3 Å². The first-order valence-corrected chi connectivity index (χ1v) is 5.86. The molecule has 0 bridgehead atoms. The molecule has 2 aromatic carbocycles. The maximum Gasteiger partial charge on any atom is 0.239 e. The summed E-state index contributed by atoms with van der Waals surface area (Å²) in [4.78, 5) is 0. The molecule has 0 atom stereocenters. The highest BCUT2D eigenvalue weighted by atomic mass is 15.3. The van der Waals surface area contributed by atoms with Crippen molar-refractivity contribution < 1.29 is 0 Å². The van der Waals surface area contributed by atoms with Crippen LogP contribution in [-0.2, 0) is 0 Å². The molecule has 1 aromatic heterocycles. The van der Waals surface area contributed by atoms with E-state index in [0.717, 1.165) is 11.3 Å². The van der Waals surface area contributed by atoms with Crippen molar-refractivity contribution in [2.45, 2.75) is 0 Å². The molecule has 0 radical (unpaired) electrons. The van der Waals surface area contributed by atoms with Crippen molar-refractivity contribution in [3.05, 3.63) is 66.5 Å². The van der Waals surface area contributed by atoms with Crippen LogP contribution in [0.1, 0.15) is 5.82 Å². The van der Waals surface area contributed by atoms with Crippen LogP contribution in [0.4, 0.5) is 0 Å². The largest absolute Gasteiger partial charge is 0.267 e. The summed E-state index contributed by atoms with van der Waals surface area (Å²) in [6.07, 6.45) is 0. The highest BCUT2D eigenvalue weighted by molar-refractivity contribution is 5.59. The van der Waals surface area contributed by atoms with E-state index in [1.165, 1.54) is 0 Å². The Morgan fingerprint density at radius 1 is 0.842 bits per heavy atom. The smallest absolute Gasteiger partial charge is 0.239 e. The normalized spacial score (nSPS) is 10.1. The third kappa shape index (κ3) is 1.98. The lowest BCUT2D eigenvalue weighted by Gasteiger charge is -2.07. The summed E-state index contributed by atoms with van der Waals surface area (Å²) < 4.78 is 1.76. The number of hydrogen-bond donors (Lipinski definition) is 0. The Morgan fingerprint density at radius 3 is 2.11 bits per heavy atom. The van der Waals surface area contributed by atoms with E-state index in [1.807, 2.05) is 60.7 Å². The van der Waals surface area contributed by atoms with Crippen molar-refractivity contribution in [3.8, 4) is 23.1 Å². The summed E-state index contributed by atoms with van der Waals surface area (Å²) >= 11 is 0. The maximum atomic E-state index is 9.17. The molecule has 3 aromatic rings. The van der Waals surface area contributed by atoms with E-state index in [-0.39, 0.29) is 5.82 Å². The van der Waals surface area contributed by atoms with Gasteiger partial charge in [-0.3, -0.25) is 4.57 Å². The Hall–Kier alpha value is -2.93. The van der Waals surface area contributed by atoms with Gasteiger partial charge in [-0.1, -0.05) is 48.5 Å². The second-order valence-electron chi connectivity index (χ2n) is 4.00. The second-order valence-corrected chi connectivity index (χ2v) is 4.00. The SMILES string of the molecule is N#Cc1nnc(-c2ccccc2)n1-c1ccccc1. The fourth-order valence-corrected chi connectivity index (χ4v) is 1.95. The van der Waals surface area contributed by atoms with E-state index in [9.17, 15) is 0 Å². The lowest BCUT2D eigenvalue weighted by atomic mass is 10.2. The minimum Gasteiger partial charge on any atom is -0.267 e. The minimum atomic E-state index is 0.282. The van der Waals surface area contributed by atoms with Crippen molar-refractivity contribution in [3.63, 3.8) is 0 Å². The van der Waals surface area contributed by atoms with Crippen LogP contribution in [0.3, 0.4) is 0 Å². The number of nitriles is 1. The Bertz CT molecular complexity index is 724. The summed E-state index contributed by atoms with van der Waals surface area (Å²) in [5, 5.41) is 17.2. The van der Waals surface area contributed by atoms with Crippen LogP contribution in [0.25, 0.3) is 17.1 Å². The zero-order chi connectivity index (χ0) is 13.1. The maximum absolute atomic E-state index is 9.17. The van der Waals surface area contributed by atoms with Gasteiger partial charge in [-0.25, -0.2) is 0 Å². The molecule has 0 N–H and O–H groups in total. The predicted octanol–water partition coefficient (Wildman–Crippen LogP) is 2.81. The van der Waals surface area contributed by atoms with Crippen LogP contribution in [0.15, 0.2) is 60.7 Å². The third-order valence-corrected chi connectivity index (χ3v) is 2.81. The van der Waals surface area contributed by atoms with Gasteiger partial charge in [0.2, 0.25) is 5.82 Å². The van der Waals surface area contributed by atoms with Crippen LogP contribution < -0.4 is 0 Å². The van der Waals surface area contributed by atoms with Gasteiger partial charge in [0.25, 0.3) is 0 Å². The fraction of sp³-hybridized carbons (Fsp3) is 0. The van der Waals surface area contributed by atoms with Crippen molar-refractivity contribution >= 4 is 0 Å². The lowest BCUT2D eigenvalue weighted by molar-refractivity contribution is 1.02. The molecular weight excluding hydrogens is 236 g/mol. The van der Waals surface area contributed by atoms with Gasteiger partial charge in [0.05, 0.1) is 0 Å². The quantitative estimate of drug-likeness (QED) is 0.698. The number of hydrogen-bond acceptors (Lipinski definition) is 3. The van der Waals surface area contributed by atoms with Crippen molar-refractivity contribution in [2.24, 2.45) is 0 Å². The molecule has 0 amide bonds. The molecule has 0 saturated carbocycles. The Morgan fingerprint density at radius 2 is 1.47 bits per heavy atom. The molecule has 0 aliphatic rings. The average Bonchev–Trinajstić information content (AvgIpc) is 2.93. The van der Waals surface area contributed by atoms with Crippen molar-refractivity contribution in [1.82, 2.24) is 14.8 Å². The van der Waals surface area contributed by atoms with Gasteiger partial charge in [-0.15, -0.1) is 10.2 Å². The monoisotopic (exact) mass is 246 g/mol. The van der Waals surface area contributed by atoms with Crippen molar-refractivity contribution in [1.29, 1.82) is 5.26 Å². The number of nitrogens with zero attached hydrogens (tertiary/aromatic N) is 4. The molecule has 90 valence electrons. The number of rotatable bonds is 2. The molecule has 3 rings (SSSR count). The van der Waals surface area contributed by atoms with Crippen LogP contribution in [0.5, 0.6) is 0 Å². The second kappa shape index (κ2) is 4.75. The van der Waals surface area contributed by atoms with Gasteiger partial charge in [0.1, 0.15) is 6.07 Å². The van der Waals surface area contributed by atoms with Gasteiger partial charge >= 0.3 is 0 Å². The van der Waals surface area contributed by atoms with E-state index < -0.39 is 0 Å². The van der Waals surface area contributed by atoms with Gasteiger partial charge in [0, 0.05) is 11.3 Å². The molecule has 0 saturated heterocycles. The van der Waals surface area contributed by atoms with Crippen LogP contribution in [0.2, 0.25) is 0 Å². The molecular formula is C15H10N4. The molecule has 4 nitrogen and oxygen atoms in total.